The smallest absolute Gasteiger partial charge is 0.379 e. The Morgan fingerprint density at radius 1 is 1.11 bits per heavy atom. The molecular weight excluding hydrogens is 359 g/mol. The number of carbonyl (C=O) groups excluding carboxylic acids is 1. The van der Waals surface area contributed by atoms with Crippen LogP contribution in [0.15, 0.2) is 48.8 Å². The molecule has 1 aromatic heterocycles. The predicted octanol–water partition coefficient (Wildman–Crippen LogP) is 2.90. The first-order valence-electron chi connectivity index (χ1n) is 8.62. The zero-order valence-electron chi connectivity index (χ0n) is 14.6. The van der Waals surface area contributed by atoms with Crippen LogP contribution in [0.1, 0.15) is 27.5 Å². The first-order chi connectivity index (χ1) is 12.9. The number of halogens is 3. The van der Waals surface area contributed by atoms with E-state index in [2.05, 4.69) is 15.2 Å². The fourth-order valence-corrected chi connectivity index (χ4v) is 3.04. The molecule has 1 saturated heterocycles. The lowest BCUT2D eigenvalue weighted by atomic mass is 10.0. The summed E-state index contributed by atoms with van der Waals surface area (Å²) in [5.74, 6) is -0.248. The van der Waals surface area contributed by atoms with Gasteiger partial charge in [0.25, 0.3) is 5.91 Å². The summed E-state index contributed by atoms with van der Waals surface area (Å²) in [5.41, 5.74) is 0.519. The van der Waals surface area contributed by atoms with Crippen molar-refractivity contribution in [1.29, 1.82) is 0 Å². The quantitative estimate of drug-likeness (QED) is 0.868. The van der Waals surface area contributed by atoms with E-state index in [0.717, 1.165) is 17.7 Å². The number of hydrogen-bond acceptors (Lipinski definition) is 4. The summed E-state index contributed by atoms with van der Waals surface area (Å²) in [6, 6.07) is 8.08. The molecule has 144 valence electrons. The van der Waals surface area contributed by atoms with Gasteiger partial charge >= 0.3 is 6.18 Å². The normalized spacial score (nSPS) is 16.7. The molecule has 0 unspecified atom stereocenters. The number of ether oxygens (including phenoxy) is 1. The second-order valence-electron chi connectivity index (χ2n) is 6.23. The van der Waals surface area contributed by atoms with Crippen LogP contribution in [0.3, 0.4) is 0 Å². The second-order valence-corrected chi connectivity index (χ2v) is 6.23. The van der Waals surface area contributed by atoms with Gasteiger partial charge in [-0.05, 0) is 29.8 Å². The average molecular weight is 379 g/mol. The summed E-state index contributed by atoms with van der Waals surface area (Å²) < 4.78 is 43.8. The van der Waals surface area contributed by atoms with Crippen LogP contribution >= 0.6 is 0 Å². The van der Waals surface area contributed by atoms with E-state index >= 15 is 0 Å². The van der Waals surface area contributed by atoms with E-state index in [1.54, 1.807) is 12.1 Å². The zero-order chi connectivity index (χ0) is 19.3. The number of aromatic nitrogens is 1. The topological polar surface area (TPSA) is 54.5 Å². The molecule has 2 heterocycles. The standard InChI is InChI=1S/C19H20F3N3O2/c20-19(21,22)16-3-1-14(2-4-16)17(25-9-11-27-12-10-25)13-24-18(26)15-5-7-23-8-6-15/h1-8,17H,9-13H2,(H,24,26)/t17-/m1/s1. The third-order valence-electron chi connectivity index (χ3n) is 4.51. The number of hydrogen-bond donors (Lipinski definition) is 1. The molecule has 0 spiro atoms. The number of nitrogens with zero attached hydrogens (tertiary/aromatic N) is 2. The van der Waals surface area contributed by atoms with Gasteiger partial charge in [-0.3, -0.25) is 14.7 Å². The van der Waals surface area contributed by atoms with Gasteiger partial charge in [0.2, 0.25) is 0 Å². The summed E-state index contributed by atoms with van der Waals surface area (Å²) in [7, 11) is 0. The van der Waals surface area contributed by atoms with Crippen molar-refractivity contribution in [2.45, 2.75) is 12.2 Å². The van der Waals surface area contributed by atoms with Gasteiger partial charge in [0.1, 0.15) is 0 Å². The van der Waals surface area contributed by atoms with Crippen molar-refractivity contribution in [3.05, 3.63) is 65.5 Å². The van der Waals surface area contributed by atoms with Gasteiger partial charge < -0.3 is 10.1 Å². The van der Waals surface area contributed by atoms with Gasteiger partial charge in [-0.15, -0.1) is 0 Å². The number of nitrogens with one attached hydrogen (secondary N) is 1. The molecule has 5 nitrogen and oxygen atoms in total. The monoisotopic (exact) mass is 379 g/mol. The number of alkyl halides is 3. The lowest BCUT2D eigenvalue weighted by Gasteiger charge is -2.35. The summed E-state index contributed by atoms with van der Waals surface area (Å²) in [6.07, 6.45) is -1.31. The lowest BCUT2D eigenvalue weighted by molar-refractivity contribution is -0.137. The van der Waals surface area contributed by atoms with Gasteiger partial charge in [0.15, 0.2) is 0 Å². The van der Waals surface area contributed by atoms with E-state index < -0.39 is 11.7 Å². The Labute approximate surface area is 155 Å². The maximum Gasteiger partial charge on any atom is 0.416 e. The highest BCUT2D eigenvalue weighted by Gasteiger charge is 2.31. The van der Waals surface area contributed by atoms with Crippen LogP contribution in [0.5, 0.6) is 0 Å². The van der Waals surface area contributed by atoms with Crippen LogP contribution < -0.4 is 5.32 Å². The number of carbonyl (C=O) groups is 1. The molecule has 0 radical (unpaired) electrons. The van der Waals surface area contributed by atoms with Crippen LogP contribution in [0, 0.1) is 0 Å². The third kappa shape index (κ3) is 5.05. The van der Waals surface area contributed by atoms with Crippen LogP contribution in [-0.2, 0) is 10.9 Å². The molecule has 0 aliphatic carbocycles. The van der Waals surface area contributed by atoms with Crippen LogP contribution in [0.25, 0.3) is 0 Å². The summed E-state index contributed by atoms with van der Waals surface area (Å²) in [5, 5.41) is 2.87. The molecular formula is C19H20F3N3O2. The van der Waals surface area contributed by atoms with Crippen molar-refractivity contribution in [2.75, 3.05) is 32.8 Å². The molecule has 8 heteroatoms. The Kier molecular flexibility index (Phi) is 6.08. The lowest BCUT2D eigenvalue weighted by Crippen LogP contribution is -2.43. The molecule has 0 saturated carbocycles. The van der Waals surface area contributed by atoms with E-state index in [-0.39, 0.29) is 18.5 Å². The molecule has 1 atom stereocenters. The first-order valence-corrected chi connectivity index (χ1v) is 8.62. The summed E-state index contributed by atoms with van der Waals surface area (Å²) in [4.78, 5) is 18.3. The predicted molar refractivity (Wildman–Crippen MR) is 93.1 cm³/mol. The number of rotatable bonds is 5. The van der Waals surface area contributed by atoms with Crippen molar-refractivity contribution in [3.63, 3.8) is 0 Å². The molecule has 0 bridgehead atoms. The Balaban J connectivity index is 1.75. The SMILES string of the molecule is O=C(NC[C@H](c1ccc(C(F)(F)F)cc1)N1CCOCC1)c1ccncc1. The molecule has 1 aliphatic rings. The highest BCUT2D eigenvalue weighted by molar-refractivity contribution is 5.93. The summed E-state index contributed by atoms with van der Waals surface area (Å²) in [6.45, 7) is 2.69. The Morgan fingerprint density at radius 2 is 1.74 bits per heavy atom. The number of morpholine rings is 1. The van der Waals surface area contributed by atoms with Crippen LogP contribution in [0.4, 0.5) is 13.2 Å². The maximum absolute atomic E-state index is 12.8. The van der Waals surface area contributed by atoms with Crippen molar-refractivity contribution < 1.29 is 22.7 Å². The average Bonchev–Trinajstić information content (AvgIpc) is 2.69. The van der Waals surface area contributed by atoms with Gasteiger partial charge in [0, 0.05) is 37.6 Å². The van der Waals surface area contributed by atoms with Crippen molar-refractivity contribution in [3.8, 4) is 0 Å². The van der Waals surface area contributed by atoms with Crippen LogP contribution in [-0.4, -0.2) is 48.6 Å². The van der Waals surface area contributed by atoms with E-state index in [9.17, 15) is 18.0 Å². The molecule has 1 aliphatic heterocycles. The minimum Gasteiger partial charge on any atom is -0.379 e. The molecule has 1 aromatic carbocycles. The fraction of sp³-hybridized carbons (Fsp3) is 0.368. The fourth-order valence-electron chi connectivity index (χ4n) is 3.04. The molecule has 1 amide bonds. The second kappa shape index (κ2) is 8.49. The van der Waals surface area contributed by atoms with E-state index in [1.165, 1.54) is 24.5 Å². The zero-order valence-corrected chi connectivity index (χ0v) is 14.6. The van der Waals surface area contributed by atoms with Crippen molar-refractivity contribution in [1.82, 2.24) is 15.2 Å². The van der Waals surface area contributed by atoms with E-state index in [0.29, 0.717) is 31.9 Å². The van der Waals surface area contributed by atoms with E-state index in [1.807, 2.05) is 0 Å². The number of pyridine rings is 1. The molecule has 1 fully saturated rings. The highest BCUT2D eigenvalue weighted by atomic mass is 19.4. The molecule has 1 N–H and O–H groups in total. The molecule has 27 heavy (non-hydrogen) atoms. The molecule has 2 aromatic rings. The molecule has 3 rings (SSSR count). The van der Waals surface area contributed by atoms with Gasteiger partial charge in [0.05, 0.1) is 24.8 Å². The number of benzene rings is 1. The van der Waals surface area contributed by atoms with E-state index in [4.69, 9.17) is 4.74 Å². The summed E-state index contributed by atoms with van der Waals surface area (Å²) >= 11 is 0. The Hall–Kier alpha value is -2.45. The van der Waals surface area contributed by atoms with Gasteiger partial charge in [-0.25, -0.2) is 0 Å². The minimum atomic E-state index is -4.37. The number of amides is 1. The van der Waals surface area contributed by atoms with Gasteiger partial charge in [-0.2, -0.15) is 13.2 Å². The first kappa shape index (κ1) is 19.3. The minimum absolute atomic E-state index is 0.234. The third-order valence-corrected chi connectivity index (χ3v) is 4.51. The Bertz CT molecular complexity index is 745. The van der Waals surface area contributed by atoms with Crippen LogP contribution in [0.2, 0.25) is 0 Å². The largest absolute Gasteiger partial charge is 0.416 e. The Morgan fingerprint density at radius 3 is 2.33 bits per heavy atom. The maximum atomic E-state index is 12.8. The highest BCUT2D eigenvalue weighted by Crippen LogP contribution is 2.31. The van der Waals surface area contributed by atoms with Crippen molar-refractivity contribution in [2.24, 2.45) is 0 Å². The van der Waals surface area contributed by atoms with Gasteiger partial charge in [-0.1, -0.05) is 12.1 Å². The van der Waals surface area contributed by atoms with Crippen molar-refractivity contribution >= 4 is 5.91 Å².